The maximum absolute atomic E-state index is 14.1. The lowest BCUT2D eigenvalue weighted by Gasteiger charge is -2.20. The molecule has 1 aromatic rings. The molecule has 0 aromatic heterocycles. The molecule has 1 aliphatic rings. The number of anilines is 1. The SMILES string of the molecule is CC1=CCCC1NC(=O)Nc1ccc(Cl)c(S(=O)(=O)C(C)(C)F)c1O. The fourth-order valence-corrected chi connectivity index (χ4v) is 4.13. The van der Waals surface area contributed by atoms with E-state index >= 15 is 0 Å². The average Bonchev–Trinajstić information content (AvgIpc) is 2.86. The summed E-state index contributed by atoms with van der Waals surface area (Å²) < 4.78 is 38.7. The molecule has 9 heteroatoms. The van der Waals surface area contributed by atoms with Gasteiger partial charge in [0.1, 0.15) is 4.90 Å². The van der Waals surface area contributed by atoms with Crippen LogP contribution in [0.15, 0.2) is 28.7 Å². The first-order valence-electron chi connectivity index (χ1n) is 7.64. The number of hydrogen-bond donors (Lipinski definition) is 3. The highest BCUT2D eigenvalue weighted by Crippen LogP contribution is 2.41. The van der Waals surface area contributed by atoms with Crippen LogP contribution in [0.5, 0.6) is 5.75 Å². The molecule has 0 saturated heterocycles. The second-order valence-electron chi connectivity index (χ2n) is 6.32. The fourth-order valence-electron chi connectivity index (χ4n) is 2.50. The zero-order valence-electron chi connectivity index (χ0n) is 14.1. The monoisotopic (exact) mass is 390 g/mol. The number of phenols is 1. The maximum atomic E-state index is 14.1. The number of phenolic OH excluding ortho intramolecular Hbond substituents is 1. The zero-order valence-corrected chi connectivity index (χ0v) is 15.6. The van der Waals surface area contributed by atoms with Crippen LogP contribution < -0.4 is 10.6 Å². The van der Waals surface area contributed by atoms with Gasteiger partial charge < -0.3 is 15.7 Å². The lowest BCUT2D eigenvalue weighted by Crippen LogP contribution is -2.37. The van der Waals surface area contributed by atoms with Gasteiger partial charge in [0.2, 0.25) is 14.8 Å². The molecule has 0 fully saturated rings. The lowest BCUT2D eigenvalue weighted by atomic mass is 10.2. The van der Waals surface area contributed by atoms with Crippen LogP contribution in [0.4, 0.5) is 14.9 Å². The molecule has 1 aliphatic carbocycles. The van der Waals surface area contributed by atoms with E-state index in [1.54, 1.807) is 0 Å². The molecule has 0 bridgehead atoms. The number of carbonyl (C=O) groups is 1. The van der Waals surface area contributed by atoms with E-state index in [0.29, 0.717) is 0 Å². The molecule has 0 spiro atoms. The summed E-state index contributed by atoms with van der Waals surface area (Å²) in [5, 5.41) is 12.4. The van der Waals surface area contributed by atoms with Crippen molar-refractivity contribution in [1.29, 1.82) is 0 Å². The number of allylic oxidation sites excluding steroid dienone is 1. The molecular weight excluding hydrogens is 371 g/mol. The maximum Gasteiger partial charge on any atom is 0.319 e. The number of carbonyl (C=O) groups excluding carboxylic acids is 1. The highest BCUT2D eigenvalue weighted by Gasteiger charge is 2.40. The highest BCUT2D eigenvalue weighted by atomic mass is 35.5. The van der Waals surface area contributed by atoms with E-state index < -0.39 is 31.5 Å². The van der Waals surface area contributed by atoms with Gasteiger partial charge in [-0.2, -0.15) is 0 Å². The Hall–Kier alpha value is -1.80. The first-order chi connectivity index (χ1) is 11.4. The van der Waals surface area contributed by atoms with Gasteiger partial charge in [-0.1, -0.05) is 23.3 Å². The van der Waals surface area contributed by atoms with Crippen molar-refractivity contribution >= 4 is 33.2 Å². The van der Waals surface area contributed by atoms with E-state index in [-0.39, 0.29) is 16.8 Å². The van der Waals surface area contributed by atoms with E-state index in [1.807, 2.05) is 13.0 Å². The molecule has 0 heterocycles. The number of sulfone groups is 1. The third-order valence-electron chi connectivity index (χ3n) is 4.02. The Morgan fingerprint density at radius 3 is 2.56 bits per heavy atom. The van der Waals surface area contributed by atoms with Crippen molar-refractivity contribution in [2.45, 2.75) is 49.6 Å². The summed E-state index contributed by atoms with van der Waals surface area (Å²) >= 11 is 5.84. The van der Waals surface area contributed by atoms with Crippen molar-refractivity contribution in [3.63, 3.8) is 0 Å². The summed E-state index contributed by atoms with van der Waals surface area (Å²) in [6.45, 7) is 3.59. The summed E-state index contributed by atoms with van der Waals surface area (Å²) in [6.07, 6.45) is 3.64. The van der Waals surface area contributed by atoms with Crippen molar-refractivity contribution in [2.75, 3.05) is 5.32 Å². The normalized spacial score (nSPS) is 18.0. The Morgan fingerprint density at radius 2 is 2.04 bits per heavy atom. The predicted molar refractivity (Wildman–Crippen MR) is 94.4 cm³/mol. The Kier molecular flexibility index (Phi) is 5.34. The summed E-state index contributed by atoms with van der Waals surface area (Å²) in [6, 6.07) is 1.69. The summed E-state index contributed by atoms with van der Waals surface area (Å²) in [5.41, 5.74) is 0.849. The van der Waals surface area contributed by atoms with Crippen molar-refractivity contribution in [2.24, 2.45) is 0 Å². The molecule has 3 N–H and O–H groups in total. The minimum atomic E-state index is -4.56. The minimum absolute atomic E-state index is 0.123. The number of alkyl halides is 1. The Bertz CT molecular complexity index is 831. The van der Waals surface area contributed by atoms with Gasteiger partial charge in [0.05, 0.1) is 16.8 Å². The van der Waals surface area contributed by atoms with Crippen molar-refractivity contribution in [1.82, 2.24) is 5.32 Å². The van der Waals surface area contributed by atoms with Gasteiger partial charge >= 0.3 is 6.03 Å². The second-order valence-corrected chi connectivity index (χ2v) is 9.11. The van der Waals surface area contributed by atoms with E-state index in [0.717, 1.165) is 32.3 Å². The lowest BCUT2D eigenvalue weighted by molar-refractivity contribution is 0.249. The molecule has 1 unspecified atom stereocenters. The van der Waals surface area contributed by atoms with Crippen LogP contribution in [-0.2, 0) is 9.84 Å². The molecule has 6 nitrogen and oxygen atoms in total. The molecule has 138 valence electrons. The standard InChI is InChI=1S/C16H20ClFN2O4S/c1-9-5-4-6-11(9)19-15(22)20-12-8-7-10(17)14(13(12)21)25(23,24)16(2,3)18/h5,7-8,11,21H,4,6H2,1-3H3,(H2,19,20,22). The summed E-state index contributed by atoms with van der Waals surface area (Å²) in [4.78, 5) is 11.3. The number of nitrogens with one attached hydrogen (secondary N) is 2. The van der Waals surface area contributed by atoms with Gasteiger partial charge in [-0.25, -0.2) is 17.6 Å². The Morgan fingerprint density at radius 1 is 1.40 bits per heavy atom. The molecule has 2 amide bonds. The minimum Gasteiger partial charge on any atom is -0.504 e. The van der Waals surface area contributed by atoms with Crippen LogP contribution in [0.2, 0.25) is 5.02 Å². The van der Waals surface area contributed by atoms with Crippen molar-refractivity contribution < 1.29 is 22.7 Å². The zero-order chi connectivity index (χ0) is 19.0. The second kappa shape index (κ2) is 6.84. The molecule has 0 aliphatic heterocycles. The van der Waals surface area contributed by atoms with Crippen molar-refractivity contribution in [3.8, 4) is 5.75 Å². The highest BCUT2D eigenvalue weighted by molar-refractivity contribution is 7.92. The Balaban J connectivity index is 2.30. The molecule has 25 heavy (non-hydrogen) atoms. The first kappa shape index (κ1) is 19.5. The summed E-state index contributed by atoms with van der Waals surface area (Å²) in [5.74, 6) is -0.799. The van der Waals surface area contributed by atoms with Crippen LogP contribution in [0.25, 0.3) is 0 Å². The number of urea groups is 1. The fraction of sp³-hybridized carbons (Fsp3) is 0.438. The van der Waals surface area contributed by atoms with Crippen LogP contribution in [0.3, 0.4) is 0 Å². The quantitative estimate of drug-likeness (QED) is 0.538. The van der Waals surface area contributed by atoms with Crippen LogP contribution in [0.1, 0.15) is 33.6 Å². The third-order valence-corrected chi connectivity index (χ3v) is 6.67. The molecule has 2 rings (SSSR count). The largest absolute Gasteiger partial charge is 0.504 e. The average molecular weight is 391 g/mol. The van der Waals surface area contributed by atoms with Gasteiger partial charge in [0.25, 0.3) is 0 Å². The topological polar surface area (TPSA) is 95.5 Å². The molecule has 1 atom stereocenters. The molecule has 0 radical (unpaired) electrons. The number of rotatable bonds is 4. The van der Waals surface area contributed by atoms with Crippen LogP contribution >= 0.6 is 11.6 Å². The van der Waals surface area contributed by atoms with Crippen LogP contribution in [0, 0.1) is 0 Å². The van der Waals surface area contributed by atoms with Crippen LogP contribution in [-0.4, -0.2) is 30.6 Å². The molecule has 0 saturated carbocycles. The van der Waals surface area contributed by atoms with E-state index in [1.165, 1.54) is 12.1 Å². The number of aromatic hydroxyl groups is 1. The number of benzene rings is 1. The van der Waals surface area contributed by atoms with E-state index in [2.05, 4.69) is 10.6 Å². The van der Waals surface area contributed by atoms with Crippen molar-refractivity contribution in [3.05, 3.63) is 28.8 Å². The number of hydrogen-bond acceptors (Lipinski definition) is 4. The number of halogens is 2. The van der Waals surface area contributed by atoms with Gasteiger partial charge in [-0.15, -0.1) is 0 Å². The smallest absolute Gasteiger partial charge is 0.319 e. The van der Waals surface area contributed by atoms with E-state index in [4.69, 9.17) is 11.6 Å². The van der Waals surface area contributed by atoms with E-state index in [9.17, 15) is 22.7 Å². The van der Waals surface area contributed by atoms with Gasteiger partial charge in [-0.05, 0) is 45.7 Å². The number of amides is 2. The predicted octanol–water partition coefficient (Wildman–Crippen LogP) is 3.76. The third kappa shape index (κ3) is 3.90. The molecule has 1 aromatic carbocycles. The Labute approximate surface area is 151 Å². The van der Waals surface area contributed by atoms with Gasteiger partial charge in [0, 0.05) is 0 Å². The first-order valence-corrected chi connectivity index (χ1v) is 9.50. The summed E-state index contributed by atoms with van der Waals surface area (Å²) in [7, 11) is -4.56. The molecular formula is C16H20ClFN2O4S. The van der Waals surface area contributed by atoms with Gasteiger partial charge in [0.15, 0.2) is 5.75 Å². The van der Waals surface area contributed by atoms with Gasteiger partial charge in [-0.3, -0.25) is 0 Å².